The Morgan fingerprint density at radius 3 is 2.68 bits per heavy atom. The molecule has 2 heterocycles. The Morgan fingerprint density at radius 2 is 1.96 bits per heavy atom. The Hall–Kier alpha value is -1.70. The number of aliphatic hydroxyl groups is 1. The topological polar surface area (TPSA) is 58.3 Å². The van der Waals surface area contributed by atoms with Crippen molar-refractivity contribution >= 4 is 0 Å². The van der Waals surface area contributed by atoms with Crippen molar-refractivity contribution in [2.24, 2.45) is 0 Å². The predicted molar refractivity (Wildman–Crippen MR) is 108 cm³/mol. The maximum atomic E-state index is 10.5. The van der Waals surface area contributed by atoms with Gasteiger partial charge in [-0.05, 0) is 24.6 Å². The van der Waals surface area contributed by atoms with E-state index in [4.69, 9.17) is 13.9 Å². The fourth-order valence-corrected chi connectivity index (χ4v) is 3.34. The Labute approximate surface area is 167 Å². The van der Waals surface area contributed by atoms with Crippen molar-refractivity contribution in [1.29, 1.82) is 0 Å². The van der Waals surface area contributed by atoms with E-state index >= 15 is 0 Å². The van der Waals surface area contributed by atoms with E-state index in [1.807, 2.05) is 12.1 Å². The molecular weight excluding hydrogens is 356 g/mol. The molecule has 0 saturated carbocycles. The first-order chi connectivity index (χ1) is 13.7. The standard InChI is InChI=1S/C22H32N2O4/c1-19-4-6-20(7-5-19)15-24(9-8-23-10-13-26-14-11-23)16-21(25)17-27-18-22-3-2-12-28-22/h2-7,12,21,25H,8-11,13-18H2,1H3. The number of hydrogen-bond acceptors (Lipinski definition) is 6. The van der Waals surface area contributed by atoms with Crippen LogP contribution in [0.1, 0.15) is 16.9 Å². The van der Waals surface area contributed by atoms with Crippen LogP contribution in [0.2, 0.25) is 0 Å². The van der Waals surface area contributed by atoms with Gasteiger partial charge in [-0.3, -0.25) is 9.80 Å². The summed E-state index contributed by atoms with van der Waals surface area (Å²) in [5.41, 5.74) is 2.52. The molecule has 28 heavy (non-hydrogen) atoms. The third kappa shape index (κ3) is 7.37. The van der Waals surface area contributed by atoms with E-state index in [1.165, 1.54) is 11.1 Å². The van der Waals surface area contributed by atoms with Gasteiger partial charge in [0.15, 0.2) is 0 Å². The molecule has 0 spiro atoms. The number of hydrogen-bond donors (Lipinski definition) is 1. The molecule has 1 atom stereocenters. The van der Waals surface area contributed by atoms with E-state index in [-0.39, 0.29) is 0 Å². The Bertz CT molecular complexity index is 654. The van der Waals surface area contributed by atoms with E-state index in [0.717, 1.165) is 51.7 Å². The van der Waals surface area contributed by atoms with Crippen LogP contribution >= 0.6 is 0 Å². The van der Waals surface area contributed by atoms with E-state index in [2.05, 4.69) is 41.0 Å². The zero-order valence-corrected chi connectivity index (χ0v) is 16.8. The summed E-state index contributed by atoms with van der Waals surface area (Å²) in [7, 11) is 0. The van der Waals surface area contributed by atoms with Crippen molar-refractivity contribution in [3.8, 4) is 0 Å². The van der Waals surface area contributed by atoms with Crippen LogP contribution in [-0.2, 0) is 22.6 Å². The molecule has 1 saturated heterocycles. The van der Waals surface area contributed by atoms with Gasteiger partial charge in [-0.1, -0.05) is 29.8 Å². The van der Waals surface area contributed by atoms with Crippen LogP contribution in [0.3, 0.4) is 0 Å². The second kappa shape index (κ2) is 11.3. The molecule has 0 aliphatic carbocycles. The highest BCUT2D eigenvalue weighted by Gasteiger charge is 2.16. The van der Waals surface area contributed by atoms with Crippen LogP contribution in [0.15, 0.2) is 47.1 Å². The van der Waals surface area contributed by atoms with Crippen LogP contribution in [0.5, 0.6) is 0 Å². The van der Waals surface area contributed by atoms with E-state index < -0.39 is 6.10 Å². The van der Waals surface area contributed by atoms with E-state index in [9.17, 15) is 5.11 Å². The molecule has 3 rings (SSSR count). The Balaban J connectivity index is 1.48. The van der Waals surface area contributed by atoms with Gasteiger partial charge in [-0.15, -0.1) is 0 Å². The molecule has 0 amide bonds. The molecule has 1 N–H and O–H groups in total. The third-order valence-electron chi connectivity index (χ3n) is 4.97. The molecule has 6 heteroatoms. The fourth-order valence-electron chi connectivity index (χ4n) is 3.34. The number of morpholine rings is 1. The zero-order chi connectivity index (χ0) is 19.6. The molecule has 1 fully saturated rings. The van der Waals surface area contributed by atoms with Gasteiger partial charge in [0.2, 0.25) is 0 Å². The number of aliphatic hydroxyl groups excluding tert-OH is 1. The lowest BCUT2D eigenvalue weighted by Gasteiger charge is -2.31. The Morgan fingerprint density at radius 1 is 1.18 bits per heavy atom. The number of rotatable bonds is 11. The normalized spacial score (nSPS) is 16.5. The molecule has 1 aliphatic heterocycles. The molecule has 0 bridgehead atoms. The minimum Gasteiger partial charge on any atom is -0.467 e. The molecule has 6 nitrogen and oxygen atoms in total. The van der Waals surface area contributed by atoms with Gasteiger partial charge in [0.25, 0.3) is 0 Å². The van der Waals surface area contributed by atoms with Crippen molar-refractivity contribution in [2.75, 3.05) is 52.5 Å². The summed E-state index contributed by atoms with van der Waals surface area (Å²) in [5.74, 6) is 0.774. The first kappa shape index (κ1) is 21.0. The first-order valence-electron chi connectivity index (χ1n) is 10.1. The van der Waals surface area contributed by atoms with Crippen LogP contribution in [-0.4, -0.2) is 73.6 Å². The van der Waals surface area contributed by atoms with Crippen molar-refractivity contribution < 1.29 is 19.0 Å². The summed E-state index contributed by atoms with van der Waals surface area (Å²) in [6, 6.07) is 12.3. The van der Waals surface area contributed by atoms with Crippen LogP contribution in [0.25, 0.3) is 0 Å². The average Bonchev–Trinajstić information content (AvgIpc) is 3.22. The van der Waals surface area contributed by atoms with E-state index in [0.29, 0.717) is 19.8 Å². The van der Waals surface area contributed by atoms with Crippen LogP contribution in [0, 0.1) is 6.92 Å². The summed E-state index contributed by atoms with van der Waals surface area (Å²) >= 11 is 0. The van der Waals surface area contributed by atoms with Crippen molar-refractivity contribution in [3.63, 3.8) is 0 Å². The smallest absolute Gasteiger partial charge is 0.129 e. The number of aryl methyl sites for hydroxylation is 1. The van der Waals surface area contributed by atoms with Gasteiger partial charge < -0.3 is 19.0 Å². The third-order valence-corrected chi connectivity index (χ3v) is 4.97. The lowest BCUT2D eigenvalue weighted by Crippen LogP contribution is -2.43. The van der Waals surface area contributed by atoms with Crippen LogP contribution < -0.4 is 0 Å². The van der Waals surface area contributed by atoms with Crippen molar-refractivity contribution in [1.82, 2.24) is 9.80 Å². The van der Waals surface area contributed by atoms with Gasteiger partial charge in [0, 0.05) is 39.3 Å². The summed E-state index contributed by atoms with van der Waals surface area (Å²) in [6.07, 6.45) is 1.09. The highest BCUT2D eigenvalue weighted by molar-refractivity contribution is 5.21. The largest absolute Gasteiger partial charge is 0.467 e. The number of ether oxygens (including phenoxy) is 2. The molecule has 1 aliphatic rings. The molecule has 2 aromatic rings. The summed E-state index contributed by atoms with van der Waals surface area (Å²) < 4.78 is 16.3. The highest BCUT2D eigenvalue weighted by atomic mass is 16.5. The second-order valence-electron chi connectivity index (χ2n) is 7.42. The monoisotopic (exact) mass is 388 g/mol. The lowest BCUT2D eigenvalue weighted by atomic mass is 10.1. The SMILES string of the molecule is Cc1ccc(CN(CCN2CCOCC2)CC(O)COCc2ccco2)cc1. The molecule has 154 valence electrons. The molecule has 1 aromatic heterocycles. The minimum absolute atomic E-state index is 0.294. The summed E-state index contributed by atoms with van der Waals surface area (Å²) in [5, 5.41) is 10.5. The summed E-state index contributed by atoms with van der Waals surface area (Å²) in [6.45, 7) is 9.63. The quantitative estimate of drug-likeness (QED) is 0.637. The van der Waals surface area contributed by atoms with E-state index in [1.54, 1.807) is 6.26 Å². The molecule has 1 unspecified atom stereocenters. The van der Waals surface area contributed by atoms with Crippen molar-refractivity contribution in [3.05, 3.63) is 59.5 Å². The number of furan rings is 1. The zero-order valence-electron chi connectivity index (χ0n) is 16.8. The number of nitrogens with zero attached hydrogens (tertiary/aromatic N) is 2. The second-order valence-corrected chi connectivity index (χ2v) is 7.42. The molecule has 1 aromatic carbocycles. The van der Waals surface area contributed by atoms with Crippen molar-refractivity contribution in [2.45, 2.75) is 26.2 Å². The minimum atomic E-state index is -0.537. The van der Waals surface area contributed by atoms with Gasteiger partial charge in [-0.2, -0.15) is 0 Å². The molecule has 0 radical (unpaired) electrons. The van der Waals surface area contributed by atoms with Gasteiger partial charge in [-0.25, -0.2) is 0 Å². The lowest BCUT2D eigenvalue weighted by molar-refractivity contribution is -0.00152. The highest BCUT2D eigenvalue weighted by Crippen LogP contribution is 2.09. The first-order valence-corrected chi connectivity index (χ1v) is 10.1. The van der Waals surface area contributed by atoms with Gasteiger partial charge in [0.05, 0.1) is 32.2 Å². The average molecular weight is 389 g/mol. The molecular formula is C22H32N2O4. The summed E-state index contributed by atoms with van der Waals surface area (Å²) in [4.78, 5) is 4.73. The van der Waals surface area contributed by atoms with Gasteiger partial charge in [0.1, 0.15) is 12.4 Å². The Kier molecular flexibility index (Phi) is 8.51. The fraction of sp³-hybridized carbons (Fsp3) is 0.545. The number of benzene rings is 1. The maximum absolute atomic E-state index is 10.5. The van der Waals surface area contributed by atoms with Gasteiger partial charge >= 0.3 is 0 Å². The predicted octanol–water partition coefficient (Wildman–Crippen LogP) is 2.30. The van der Waals surface area contributed by atoms with Crippen LogP contribution in [0.4, 0.5) is 0 Å². The maximum Gasteiger partial charge on any atom is 0.129 e.